The van der Waals surface area contributed by atoms with Gasteiger partial charge in [-0.2, -0.15) is 0 Å². The van der Waals surface area contributed by atoms with Crippen molar-refractivity contribution in [2.45, 2.75) is 45.6 Å². The van der Waals surface area contributed by atoms with E-state index >= 15 is 0 Å². The molecule has 0 aromatic heterocycles. The second kappa shape index (κ2) is 6.40. The zero-order chi connectivity index (χ0) is 14.6. The van der Waals surface area contributed by atoms with Crippen LogP contribution in [0.1, 0.15) is 51.3 Å². The van der Waals surface area contributed by atoms with Gasteiger partial charge in [-0.25, -0.2) is 0 Å². The number of nitrogens with two attached hydrogens (primary N) is 2. The molecular weight excluding hydrogens is 236 g/mol. The highest BCUT2D eigenvalue weighted by molar-refractivity contribution is 5.41. The first kappa shape index (κ1) is 16.0. The Morgan fingerprint density at radius 3 is 2.37 bits per heavy atom. The third-order valence-electron chi connectivity index (χ3n) is 3.55. The summed E-state index contributed by atoms with van der Waals surface area (Å²) in [4.78, 5) is 0. The van der Waals surface area contributed by atoms with Crippen molar-refractivity contribution in [1.29, 1.82) is 0 Å². The highest BCUT2D eigenvalue weighted by Crippen LogP contribution is 2.32. The molecule has 0 saturated heterocycles. The third-order valence-corrected chi connectivity index (χ3v) is 3.55. The molecule has 0 spiro atoms. The molecule has 0 radical (unpaired) electrons. The highest BCUT2D eigenvalue weighted by atomic mass is 16.5. The summed E-state index contributed by atoms with van der Waals surface area (Å²) < 4.78 is 5.44. The fourth-order valence-electron chi connectivity index (χ4n) is 2.15. The lowest BCUT2D eigenvalue weighted by atomic mass is 9.84. The van der Waals surface area contributed by atoms with Crippen molar-refractivity contribution in [3.8, 4) is 5.75 Å². The van der Waals surface area contributed by atoms with Crippen molar-refractivity contribution in [3.63, 3.8) is 0 Å². The van der Waals surface area contributed by atoms with Gasteiger partial charge in [-0.1, -0.05) is 39.8 Å². The van der Waals surface area contributed by atoms with Crippen LogP contribution in [0.25, 0.3) is 0 Å². The van der Waals surface area contributed by atoms with Crippen LogP contribution in [0.3, 0.4) is 0 Å². The molecule has 0 saturated carbocycles. The molecule has 0 aliphatic heterocycles. The Labute approximate surface area is 117 Å². The standard InChI is InChI=1S/C16H28N2O/c1-11(10-17)8-14(18)13-9-12(16(2,3)4)6-7-15(13)19-5/h6-7,9,11,14H,8,10,17-18H2,1-5H3. The predicted octanol–water partition coefficient (Wildman–Crippen LogP) is 2.98. The van der Waals surface area contributed by atoms with Crippen LogP contribution in [0.15, 0.2) is 18.2 Å². The summed E-state index contributed by atoms with van der Waals surface area (Å²) in [6.07, 6.45) is 0.875. The first-order valence-corrected chi connectivity index (χ1v) is 6.93. The number of methoxy groups -OCH3 is 1. The summed E-state index contributed by atoms with van der Waals surface area (Å²) in [7, 11) is 1.69. The van der Waals surface area contributed by atoms with Gasteiger partial charge in [0.1, 0.15) is 5.75 Å². The lowest BCUT2D eigenvalue weighted by Gasteiger charge is -2.24. The molecule has 3 nitrogen and oxygen atoms in total. The average Bonchev–Trinajstić information content (AvgIpc) is 2.36. The molecule has 0 fully saturated rings. The van der Waals surface area contributed by atoms with E-state index in [2.05, 4.69) is 39.8 Å². The summed E-state index contributed by atoms with van der Waals surface area (Å²) in [5.74, 6) is 1.28. The minimum Gasteiger partial charge on any atom is -0.496 e. The number of benzene rings is 1. The molecule has 0 amide bonds. The molecule has 0 aliphatic rings. The Hall–Kier alpha value is -1.06. The molecule has 0 aliphatic carbocycles. The minimum atomic E-state index is -0.0317. The van der Waals surface area contributed by atoms with Crippen molar-refractivity contribution in [2.24, 2.45) is 17.4 Å². The SMILES string of the molecule is COc1ccc(C(C)(C)C)cc1C(N)CC(C)CN. The van der Waals surface area contributed by atoms with Crippen LogP contribution in [0.5, 0.6) is 5.75 Å². The van der Waals surface area contributed by atoms with Crippen molar-refractivity contribution >= 4 is 0 Å². The molecule has 1 aromatic rings. The molecule has 108 valence electrons. The van der Waals surface area contributed by atoms with Gasteiger partial charge < -0.3 is 16.2 Å². The molecule has 0 heterocycles. The molecule has 2 atom stereocenters. The van der Waals surface area contributed by atoms with Crippen LogP contribution in [0.4, 0.5) is 0 Å². The zero-order valence-electron chi connectivity index (χ0n) is 12.9. The monoisotopic (exact) mass is 264 g/mol. The van der Waals surface area contributed by atoms with E-state index in [4.69, 9.17) is 16.2 Å². The molecule has 4 N–H and O–H groups in total. The van der Waals surface area contributed by atoms with Crippen LogP contribution in [-0.2, 0) is 5.41 Å². The summed E-state index contributed by atoms with van der Waals surface area (Å²) in [6.45, 7) is 9.39. The highest BCUT2D eigenvalue weighted by Gasteiger charge is 2.19. The van der Waals surface area contributed by atoms with E-state index in [0.29, 0.717) is 12.5 Å². The summed E-state index contributed by atoms with van der Waals surface area (Å²) in [6, 6.07) is 6.27. The van der Waals surface area contributed by atoms with Gasteiger partial charge in [0, 0.05) is 11.6 Å². The Bertz CT molecular complexity index is 410. The van der Waals surface area contributed by atoms with Gasteiger partial charge in [0.2, 0.25) is 0 Å². The van der Waals surface area contributed by atoms with E-state index in [-0.39, 0.29) is 11.5 Å². The van der Waals surface area contributed by atoms with Crippen LogP contribution >= 0.6 is 0 Å². The normalized spacial score (nSPS) is 15.1. The lowest BCUT2D eigenvalue weighted by Crippen LogP contribution is -2.21. The van der Waals surface area contributed by atoms with Crippen LogP contribution < -0.4 is 16.2 Å². The maximum absolute atomic E-state index is 6.32. The number of ether oxygens (including phenoxy) is 1. The Kier molecular flexibility index (Phi) is 5.39. The van der Waals surface area contributed by atoms with Crippen molar-refractivity contribution in [1.82, 2.24) is 0 Å². The van der Waals surface area contributed by atoms with Crippen LogP contribution in [0, 0.1) is 5.92 Å². The Morgan fingerprint density at radius 1 is 1.26 bits per heavy atom. The zero-order valence-corrected chi connectivity index (χ0v) is 12.9. The van der Waals surface area contributed by atoms with E-state index in [1.807, 2.05) is 6.07 Å². The van der Waals surface area contributed by atoms with E-state index in [1.54, 1.807) is 7.11 Å². The van der Waals surface area contributed by atoms with Gasteiger partial charge in [-0.3, -0.25) is 0 Å². The molecule has 19 heavy (non-hydrogen) atoms. The first-order chi connectivity index (χ1) is 8.79. The second-order valence-corrected chi connectivity index (χ2v) is 6.39. The van der Waals surface area contributed by atoms with Gasteiger partial charge in [0.25, 0.3) is 0 Å². The topological polar surface area (TPSA) is 61.3 Å². The molecular formula is C16H28N2O. The quantitative estimate of drug-likeness (QED) is 0.859. The summed E-state index contributed by atoms with van der Waals surface area (Å²) >= 11 is 0. The average molecular weight is 264 g/mol. The van der Waals surface area contributed by atoms with Gasteiger partial charge >= 0.3 is 0 Å². The predicted molar refractivity (Wildman–Crippen MR) is 81.5 cm³/mol. The Balaban J connectivity index is 3.08. The largest absolute Gasteiger partial charge is 0.496 e. The van der Waals surface area contributed by atoms with E-state index in [1.165, 1.54) is 5.56 Å². The van der Waals surface area contributed by atoms with Crippen molar-refractivity contribution in [2.75, 3.05) is 13.7 Å². The summed E-state index contributed by atoms with van der Waals surface area (Å²) in [5.41, 5.74) is 14.5. The van der Waals surface area contributed by atoms with E-state index in [9.17, 15) is 0 Å². The minimum absolute atomic E-state index is 0.0317. The molecule has 3 heteroatoms. The first-order valence-electron chi connectivity index (χ1n) is 6.93. The fourth-order valence-corrected chi connectivity index (χ4v) is 2.15. The lowest BCUT2D eigenvalue weighted by molar-refractivity contribution is 0.396. The van der Waals surface area contributed by atoms with E-state index < -0.39 is 0 Å². The number of hydrogen-bond donors (Lipinski definition) is 2. The maximum Gasteiger partial charge on any atom is 0.123 e. The summed E-state index contributed by atoms with van der Waals surface area (Å²) in [5, 5.41) is 0. The second-order valence-electron chi connectivity index (χ2n) is 6.39. The van der Waals surface area contributed by atoms with E-state index in [0.717, 1.165) is 17.7 Å². The smallest absolute Gasteiger partial charge is 0.123 e. The molecule has 1 aromatic carbocycles. The number of hydrogen-bond acceptors (Lipinski definition) is 3. The van der Waals surface area contributed by atoms with Gasteiger partial charge in [0.05, 0.1) is 7.11 Å². The van der Waals surface area contributed by atoms with Crippen LogP contribution in [0.2, 0.25) is 0 Å². The van der Waals surface area contributed by atoms with Gasteiger partial charge in [-0.15, -0.1) is 0 Å². The Morgan fingerprint density at radius 2 is 1.89 bits per heavy atom. The van der Waals surface area contributed by atoms with Crippen LogP contribution in [-0.4, -0.2) is 13.7 Å². The maximum atomic E-state index is 6.32. The van der Waals surface area contributed by atoms with Gasteiger partial charge in [0.15, 0.2) is 0 Å². The molecule has 2 unspecified atom stereocenters. The van der Waals surface area contributed by atoms with Crippen molar-refractivity contribution < 1.29 is 4.74 Å². The van der Waals surface area contributed by atoms with Crippen molar-refractivity contribution in [3.05, 3.63) is 29.3 Å². The molecule has 0 bridgehead atoms. The molecule has 1 rings (SSSR count). The third kappa shape index (κ3) is 4.22. The fraction of sp³-hybridized carbons (Fsp3) is 0.625. The number of rotatable bonds is 5. The van der Waals surface area contributed by atoms with Gasteiger partial charge in [-0.05, 0) is 35.9 Å².